The molecule has 2 heterocycles. The van der Waals surface area contributed by atoms with E-state index in [1.54, 1.807) is 4.90 Å². The van der Waals surface area contributed by atoms with Gasteiger partial charge in [0.25, 0.3) is 0 Å². The molecule has 0 unspecified atom stereocenters. The number of carbonyl (C=O) groups excluding carboxylic acids is 1. The van der Waals surface area contributed by atoms with Crippen molar-refractivity contribution < 1.29 is 26.4 Å². The molecule has 2 aromatic rings. The van der Waals surface area contributed by atoms with Crippen LogP contribution < -0.4 is 5.73 Å². The van der Waals surface area contributed by atoms with Crippen LogP contribution in [0.5, 0.6) is 0 Å². The second kappa shape index (κ2) is 10.3. The topological polar surface area (TPSA) is 83.7 Å². The van der Waals surface area contributed by atoms with E-state index < -0.39 is 45.2 Å². The Labute approximate surface area is 203 Å². The SMILES string of the molecule is CN(Cc1ccccc1)S(=O)(=O)CC(=O)N1[C@@H]2CC[C@H]1C[C@H]([C@H](N)Cc1cc(F)c(F)cc1F)C2. The molecule has 0 aliphatic carbocycles. The van der Waals surface area contributed by atoms with Crippen molar-refractivity contribution in [2.75, 3.05) is 12.8 Å². The van der Waals surface area contributed by atoms with Crippen molar-refractivity contribution in [3.05, 3.63) is 71.0 Å². The summed E-state index contributed by atoms with van der Waals surface area (Å²) in [6.07, 6.45) is 2.68. The van der Waals surface area contributed by atoms with Gasteiger partial charge in [-0.05, 0) is 55.2 Å². The molecule has 2 N–H and O–H groups in total. The maximum atomic E-state index is 14.1. The number of halogens is 3. The van der Waals surface area contributed by atoms with Crippen LogP contribution in [0.4, 0.5) is 13.2 Å². The predicted molar refractivity (Wildman–Crippen MR) is 126 cm³/mol. The first-order valence-corrected chi connectivity index (χ1v) is 13.3. The maximum Gasteiger partial charge on any atom is 0.239 e. The van der Waals surface area contributed by atoms with Crippen LogP contribution in [0.3, 0.4) is 0 Å². The van der Waals surface area contributed by atoms with Gasteiger partial charge in [0.05, 0.1) is 0 Å². The summed E-state index contributed by atoms with van der Waals surface area (Å²) < 4.78 is 67.8. The fourth-order valence-corrected chi connectivity index (χ4v) is 6.42. The number of nitrogens with zero attached hydrogens (tertiary/aromatic N) is 2. The summed E-state index contributed by atoms with van der Waals surface area (Å²) >= 11 is 0. The number of carbonyl (C=O) groups is 1. The highest BCUT2D eigenvalue weighted by Crippen LogP contribution is 2.40. The first-order valence-electron chi connectivity index (χ1n) is 11.7. The summed E-state index contributed by atoms with van der Waals surface area (Å²) in [4.78, 5) is 14.8. The number of nitrogens with two attached hydrogens (primary N) is 1. The van der Waals surface area contributed by atoms with Crippen molar-refractivity contribution in [2.45, 2.75) is 56.8 Å². The van der Waals surface area contributed by atoms with Crippen LogP contribution in [0, 0.1) is 23.4 Å². The molecule has 6 nitrogen and oxygen atoms in total. The first-order chi connectivity index (χ1) is 16.5. The molecule has 190 valence electrons. The van der Waals surface area contributed by atoms with Crippen molar-refractivity contribution in [1.82, 2.24) is 9.21 Å². The van der Waals surface area contributed by atoms with Gasteiger partial charge in [0.1, 0.15) is 11.6 Å². The average molecular weight is 510 g/mol. The van der Waals surface area contributed by atoms with Crippen molar-refractivity contribution in [3.63, 3.8) is 0 Å². The smallest absolute Gasteiger partial charge is 0.239 e. The maximum absolute atomic E-state index is 14.1. The molecule has 2 aliphatic rings. The van der Waals surface area contributed by atoms with E-state index in [0.29, 0.717) is 18.9 Å². The summed E-state index contributed by atoms with van der Waals surface area (Å²) in [5, 5.41) is 0. The van der Waals surface area contributed by atoms with E-state index in [2.05, 4.69) is 0 Å². The average Bonchev–Trinajstić information content (AvgIpc) is 3.07. The van der Waals surface area contributed by atoms with Gasteiger partial charge in [-0.1, -0.05) is 30.3 Å². The number of piperidine rings is 1. The predicted octanol–water partition coefficient (Wildman–Crippen LogP) is 3.21. The molecule has 0 aromatic heterocycles. The number of rotatable bonds is 8. The molecule has 2 fully saturated rings. The number of hydrogen-bond donors (Lipinski definition) is 1. The van der Waals surface area contributed by atoms with Gasteiger partial charge in [0.15, 0.2) is 11.6 Å². The van der Waals surface area contributed by atoms with Gasteiger partial charge in [-0.2, -0.15) is 0 Å². The van der Waals surface area contributed by atoms with Crippen LogP contribution in [-0.4, -0.2) is 54.5 Å². The fraction of sp³-hybridized carbons (Fsp3) is 0.480. The van der Waals surface area contributed by atoms with E-state index in [-0.39, 0.29) is 36.5 Å². The molecule has 4 atom stereocenters. The van der Waals surface area contributed by atoms with Crippen LogP contribution >= 0.6 is 0 Å². The zero-order valence-electron chi connectivity index (χ0n) is 19.5. The Balaban J connectivity index is 1.37. The Morgan fingerprint density at radius 1 is 1.06 bits per heavy atom. The highest BCUT2D eigenvalue weighted by atomic mass is 32.2. The van der Waals surface area contributed by atoms with Crippen LogP contribution in [0.2, 0.25) is 0 Å². The molecule has 0 spiro atoms. The summed E-state index contributed by atoms with van der Waals surface area (Å²) in [6, 6.07) is 9.76. The lowest BCUT2D eigenvalue weighted by molar-refractivity contribution is -0.133. The van der Waals surface area contributed by atoms with Crippen LogP contribution in [0.15, 0.2) is 42.5 Å². The minimum Gasteiger partial charge on any atom is -0.336 e. The van der Waals surface area contributed by atoms with Gasteiger partial charge in [-0.3, -0.25) is 4.79 Å². The number of fused-ring (bicyclic) bond motifs is 2. The summed E-state index contributed by atoms with van der Waals surface area (Å²) in [5.74, 6) is -4.25. The molecule has 35 heavy (non-hydrogen) atoms. The molecule has 4 rings (SSSR count). The standard InChI is InChI=1S/C25H30F3N3O3S/c1-30(14-16-5-3-2-4-6-16)35(33,34)15-25(32)31-19-7-8-20(31)10-18(9-19)24(29)12-17-11-22(27)23(28)13-21(17)26/h2-6,11,13,18-20,24H,7-10,12,14-15,29H2,1H3/t18-,19-,20+,24-/m1/s1. The van der Waals surface area contributed by atoms with Crippen molar-refractivity contribution >= 4 is 15.9 Å². The Kier molecular flexibility index (Phi) is 7.54. The molecule has 1 amide bonds. The Morgan fingerprint density at radius 2 is 1.66 bits per heavy atom. The molecule has 2 aromatic carbocycles. The van der Waals surface area contributed by atoms with E-state index in [9.17, 15) is 26.4 Å². The van der Waals surface area contributed by atoms with Gasteiger partial charge in [0, 0.05) is 37.8 Å². The van der Waals surface area contributed by atoms with Crippen LogP contribution in [-0.2, 0) is 27.8 Å². The minimum atomic E-state index is -3.80. The molecular formula is C25H30F3N3O3S. The highest BCUT2D eigenvalue weighted by molar-refractivity contribution is 7.89. The third-order valence-corrected chi connectivity index (χ3v) is 8.93. The highest BCUT2D eigenvalue weighted by Gasteiger charge is 2.45. The molecular weight excluding hydrogens is 479 g/mol. The van der Waals surface area contributed by atoms with Crippen molar-refractivity contribution in [3.8, 4) is 0 Å². The van der Waals surface area contributed by atoms with Crippen molar-refractivity contribution in [2.24, 2.45) is 11.7 Å². The molecule has 2 aliphatic heterocycles. The second-order valence-electron chi connectivity index (χ2n) is 9.64. The van der Waals surface area contributed by atoms with Gasteiger partial charge >= 0.3 is 0 Å². The fourth-order valence-electron chi connectivity index (χ4n) is 5.40. The van der Waals surface area contributed by atoms with E-state index in [1.807, 2.05) is 30.3 Å². The van der Waals surface area contributed by atoms with Gasteiger partial charge < -0.3 is 10.6 Å². The molecule has 10 heteroatoms. The third-order valence-electron chi connectivity index (χ3n) is 7.24. The molecule has 0 radical (unpaired) electrons. The lowest BCUT2D eigenvalue weighted by Crippen LogP contribution is -2.52. The number of benzene rings is 2. The normalized spacial score (nSPS) is 23.0. The monoisotopic (exact) mass is 509 g/mol. The zero-order valence-corrected chi connectivity index (χ0v) is 20.4. The summed E-state index contributed by atoms with van der Waals surface area (Å²) in [7, 11) is -2.33. The second-order valence-corrected chi connectivity index (χ2v) is 11.7. The van der Waals surface area contributed by atoms with E-state index in [4.69, 9.17) is 5.73 Å². The van der Waals surface area contributed by atoms with Gasteiger partial charge in [-0.15, -0.1) is 0 Å². The largest absolute Gasteiger partial charge is 0.336 e. The number of amides is 1. The quantitative estimate of drug-likeness (QED) is 0.554. The summed E-state index contributed by atoms with van der Waals surface area (Å²) in [6.45, 7) is 0.181. The van der Waals surface area contributed by atoms with E-state index in [1.165, 1.54) is 11.4 Å². The van der Waals surface area contributed by atoms with Crippen LogP contribution in [0.1, 0.15) is 36.8 Å². The van der Waals surface area contributed by atoms with E-state index >= 15 is 0 Å². The van der Waals surface area contributed by atoms with Gasteiger partial charge in [-0.25, -0.2) is 25.9 Å². The van der Waals surface area contributed by atoms with Crippen molar-refractivity contribution in [1.29, 1.82) is 0 Å². The Bertz CT molecular complexity index is 1170. The zero-order chi connectivity index (χ0) is 25.3. The lowest BCUT2D eigenvalue weighted by Gasteiger charge is -2.41. The number of hydrogen-bond acceptors (Lipinski definition) is 4. The molecule has 2 saturated heterocycles. The van der Waals surface area contributed by atoms with E-state index in [0.717, 1.165) is 24.5 Å². The lowest BCUT2D eigenvalue weighted by atomic mass is 9.82. The van der Waals surface area contributed by atoms with Gasteiger partial charge in [0.2, 0.25) is 15.9 Å². The Morgan fingerprint density at radius 3 is 2.29 bits per heavy atom. The molecule has 0 saturated carbocycles. The third kappa shape index (κ3) is 5.70. The number of sulfonamides is 1. The van der Waals surface area contributed by atoms with Crippen LogP contribution in [0.25, 0.3) is 0 Å². The Hall–Kier alpha value is -2.43. The minimum absolute atomic E-state index is 0.0230. The molecule has 2 bridgehead atoms. The summed E-state index contributed by atoms with van der Waals surface area (Å²) in [5.41, 5.74) is 7.19. The first kappa shape index (κ1) is 25.7.